The molecule has 2 aromatic rings. The molecular weight excluding hydrogens is 254 g/mol. The zero-order valence-electron chi connectivity index (χ0n) is 9.70. The van der Waals surface area contributed by atoms with Crippen LogP contribution in [0.25, 0.3) is 0 Å². The largest absolute Gasteiger partial charge is 0.397 e. The van der Waals surface area contributed by atoms with E-state index in [0.29, 0.717) is 11.5 Å². The minimum absolute atomic E-state index is 0.110. The van der Waals surface area contributed by atoms with Gasteiger partial charge in [0, 0.05) is 5.56 Å². The van der Waals surface area contributed by atoms with Gasteiger partial charge in [0.05, 0.1) is 23.6 Å². The van der Waals surface area contributed by atoms with Gasteiger partial charge >= 0.3 is 0 Å². The summed E-state index contributed by atoms with van der Waals surface area (Å²) in [7, 11) is 0. The number of H-pyrrole nitrogens is 1. The van der Waals surface area contributed by atoms with Crippen LogP contribution in [0, 0.1) is 0 Å². The predicted molar refractivity (Wildman–Crippen MR) is 69.6 cm³/mol. The smallest absolute Gasteiger partial charge is 0.260 e. The molecule has 0 saturated heterocycles. The van der Waals surface area contributed by atoms with E-state index in [1.165, 1.54) is 12.3 Å². The second kappa shape index (κ2) is 5.05. The fraction of sp³-hybridized carbons (Fsp3) is 0.182. The Morgan fingerprint density at radius 3 is 3.06 bits per heavy atom. The average molecular weight is 266 g/mol. The van der Waals surface area contributed by atoms with Gasteiger partial charge in [0.25, 0.3) is 5.91 Å². The monoisotopic (exact) mass is 265 g/mol. The number of aromatic amines is 1. The van der Waals surface area contributed by atoms with Crippen LogP contribution in [0.4, 0.5) is 11.5 Å². The lowest BCUT2D eigenvalue weighted by Crippen LogP contribution is -2.14. The molecule has 0 aliphatic heterocycles. The summed E-state index contributed by atoms with van der Waals surface area (Å²) in [5.74, 6) is 0.180. The highest BCUT2D eigenvalue weighted by molar-refractivity contribution is 6.33. The maximum Gasteiger partial charge on any atom is 0.260 e. The van der Waals surface area contributed by atoms with Crippen LogP contribution in [-0.2, 0) is 6.42 Å². The molecule has 7 heteroatoms. The van der Waals surface area contributed by atoms with E-state index in [9.17, 15) is 4.79 Å². The third kappa shape index (κ3) is 2.43. The Morgan fingerprint density at radius 2 is 2.33 bits per heavy atom. The highest BCUT2D eigenvalue weighted by Crippen LogP contribution is 2.18. The van der Waals surface area contributed by atoms with Crippen molar-refractivity contribution in [1.82, 2.24) is 15.2 Å². The van der Waals surface area contributed by atoms with Gasteiger partial charge in [-0.1, -0.05) is 18.5 Å². The van der Waals surface area contributed by atoms with Crippen LogP contribution in [0.3, 0.4) is 0 Å². The number of anilines is 2. The van der Waals surface area contributed by atoms with Crippen LogP contribution in [0.15, 0.2) is 18.5 Å². The molecule has 2 aromatic heterocycles. The summed E-state index contributed by atoms with van der Waals surface area (Å²) >= 11 is 5.85. The molecule has 0 fully saturated rings. The number of hydrogen-bond acceptors (Lipinski definition) is 4. The quantitative estimate of drug-likeness (QED) is 0.738. The first-order chi connectivity index (χ1) is 8.61. The van der Waals surface area contributed by atoms with E-state index < -0.39 is 0 Å². The van der Waals surface area contributed by atoms with Crippen molar-refractivity contribution in [3.63, 3.8) is 0 Å². The molecule has 4 N–H and O–H groups in total. The number of carbonyl (C=O) groups is 1. The Hall–Kier alpha value is -2.08. The lowest BCUT2D eigenvalue weighted by Gasteiger charge is -2.06. The molecule has 0 aromatic carbocycles. The number of amides is 1. The van der Waals surface area contributed by atoms with Crippen LogP contribution >= 0.6 is 11.6 Å². The fourth-order valence-corrected chi connectivity index (χ4v) is 1.68. The number of carbonyl (C=O) groups excluding carboxylic acids is 1. The second-order valence-corrected chi connectivity index (χ2v) is 4.04. The summed E-state index contributed by atoms with van der Waals surface area (Å²) in [6.45, 7) is 1.97. The van der Waals surface area contributed by atoms with Crippen LogP contribution in [-0.4, -0.2) is 21.1 Å². The molecule has 0 unspecified atom stereocenters. The number of nitrogens with zero attached hydrogens (tertiary/aromatic N) is 2. The van der Waals surface area contributed by atoms with Crippen LogP contribution in [0.2, 0.25) is 5.15 Å². The summed E-state index contributed by atoms with van der Waals surface area (Å²) in [5, 5.41) is 9.38. The van der Waals surface area contributed by atoms with E-state index in [4.69, 9.17) is 17.3 Å². The number of halogens is 1. The summed E-state index contributed by atoms with van der Waals surface area (Å²) in [6, 6.07) is 1.48. The first-order valence-corrected chi connectivity index (χ1v) is 5.74. The summed E-state index contributed by atoms with van der Waals surface area (Å²) in [5.41, 5.74) is 7.10. The zero-order valence-corrected chi connectivity index (χ0v) is 10.5. The van der Waals surface area contributed by atoms with Crippen LogP contribution < -0.4 is 11.1 Å². The number of aryl methyl sites for hydroxylation is 1. The predicted octanol–water partition coefficient (Wildman–Crippen LogP) is 1.85. The number of pyridine rings is 1. The van der Waals surface area contributed by atoms with E-state index >= 15 is 0 Å². The molecule has 0 aliphatic rings. The number of hydrogen-bond donors (Lipinski definition) is 3. The number of nitrogens with one attached hydrogen (secondary N) is 2. The topological polar surface area (TPSA) is 96.7 Å². The second-order valence-electron chi connectivity index (χ2n) is 3.68. The third-order valence-electron chi connectivity index (χ3n) is 2.44. The maximum absolute atomic E-state index is 12.0. The van der Waals surface area contributed by atoms with Crippen molar-refractivity contribution in [3.05, 3.63) is 34.7 Å². The van der Waals surface area contributed by atoms with Gasteiger partial charge in [-0.3, -0.25) is 9.89 Å². The molecule has 18 heavy (non-hydrogen) atoms. The highest BCUT2D eigenvalue weighted by atomic mass is 35.5. The van der Waals surface area contributed by atoms with E-state index in [-0.39, 0.29) is 16.6 Å². The van der Waals surface area contributed by atoms with Crippen molar-refractivity contribution in [3.8, 4) is 0 Å². The van der Waals surface area contributed by atoms with Crippen molar-refractivity contribution in [1.29, 1.82) is 0 Å². The van der Waals surface area contributed by atoms with Gasteiger partial charge in [-0.15, -0.1) is 0 Å². The van der Waals surface area contributed by atoms with Gasteiger partial charge in [0.2, 0.25) is 0 Å². The molecule has 2 heterocycles. The molecule has 1 amide bonds. The van der Waals surface area contributed by atoms with Gasteiger partial charge < -0.3 is 11.1 Å². The van der Waals surface area contributed by atoms with Gasteiger partial charge in [-0.05, 0) is 12.5 Å². The fourth-order valence-electron chi connectivity index (χ4n) is 1.49. The standard InChI is InChI=1S/C11H12ClN5O/c1-2-6-4-15-17-10(6)16-11(18)8-3-7(13)5-14-9(8)12/h3-5H,2,13H2,1H3,(H2,15,16,17,18). The summed E-state index contributed by atoms with van der Waals surface area (Å²) in [4.78, 5) is 15.8. The molecule has 6 nitrogen and oxygen atoms in total. The summed E-state index contributed by atoms with van der Waals surface area (Å²) in [6.07, 6.45) is 3.82. The number of nitrogen functional groups attached to an aromatic ring is 1. The molecule has 0 atom stereocenters. The number of rotatable bonds is 3. The molecule has 0 aliphatic carbocycles. The van der Waals surface area contributed by atoms with Crippen molar-refractivity contribution in [2.75, 3.05) is 11.1 Å². The minimum Gasteiger partial charge on any atom is -0.397 e. The molecule has 2 rings (SSSR count). The Kier molecular flexibility index (Phi) is 3.47. The van der Waals surface area contributed by atoms with E-state index in [0.717, 1.165) is 12.0 Å². The van der Waals surface area contributed by atoms with E-state index in [2.05, 4.69) is 20.5 Å². The van der Waals surface area contributed by atoms with Crippen LogP contribution in [0.5, 0.6) is 0 Å². The average Bonchev–Trinajstić information content (AvgIpc) is 2.79. The Bertz CT molecular complexity index is 581. The van der Waals surface area contributed by atoms with Crippen molar-refractivity contribution in [2.24, 2.45) is 0 Å². The van der Waals surface area contributed by atoms with Gasteiger partial charge in [0.15, 0.2) is 0 Å². The Morgan fingerprint density at radius 1 is 1.56 bits per heavy atom. The number of nitrogens with two attached hydrogens (primary N) is 1. The van der Waals surface area contributed by atoms with Crippen molar-refractivity contribution >= 4 is 29.0 Å². The molecule has 94 valence electrons. The first kappa shape index (κ1) is 12.4. The molecular formula is C11H12ClN5O. The normalized spacial score (nSPS) is 10.3. The molecule has 0 saturated carbocycles. The first-order valence-electron chi connectivity index (χ1n) is 5.36. The van der Waals surface area contributed by atoms with Crippen molar-refractivity contribution in [2.45, 2.75) is 13.3 Å². The minimum atomic E-state index is -0.376. The summed E-state index contributed by atoms with van der Waals surface area (Å²) < 4.78 is 0. The SMILES string of the molecule is CCc1cn[nH]c1NC(=O)c1cc(N)cnc1Cl. The van der Waals surface area contributed by atoms with E-state index in [1.54, 1.807) is 6.20 Å². The van der Waals surface area contributed by atoms with Crippen molar-refractivity contribution < 1.29 is 4.79 Å². The molecule has 0 spiro atoms. The Balaban J connectivity index is 2.25. The lowest BCUT2D eigenvalue weighted by atomic mass is 10.2. The third-order valence-corrected chi connectivity index (χ3v) is 2.74. The van der Waals surface area contributed by atoms with E-state index in [1.807, 2.05) is 6.92 Å². The lowest BCUT2D eigenvalue weighted by molar-refractivity contribution is 0.102. The highest BCUT2D eigenvalue weighted by Gasteiger charge is 2.14. The number of aromatic nitrogens is 3. The zero-order chi connectivity index (χ0) is 13.1. The maximum atomic E-state index is 12.0. The Labute approximate surface area is 109 Å². The molecule has 0 bridgehead atoms. The van der Waals surface area contributed by atoms with Gasteiger partial charge in [0.1, 0.15) is 11.0 Å². The van der Waals surface area contributed by atoms with Gasteiger partial charge in [-0.25, -0.2) is 4.98 Å². The van der Waals surface area contributed by atoms with Gasteiger partial charge in [-0.2, -0.15) is 5.10 Å². The van der Waals surface area contributed by atoms with Crippen LogP contribution in [0.1, 0.15) is 22.8 Å². The molecule has 0 radical (unpaired) electrons.